The molecule has 2 heteroatoms. The summed E-state index contributed by atoms with van der Waals surface area (Å²) in [6.45, 7) is 0. The molecular formula is C14H15N2. The predicted molar refractivity (Wildman–Crippen MR) is 68.8 cm³/mol. The van der Waals surface area contributed by atoms with Gasteiger partial charge < -0.3 is 11.5 Å². The van der Waals surface area contributed by atoms with Crippen LogP contribution >= 0.6 is 0 Å². The van der Waals surface area contributed by atoms with Crippen LogP contribution in [0, 0.1) is 6.42 Å². The molecule has 0 bridgehead atoms. The number of para-hydroxylation sites is 1. The molecule has 2 aromatic carbocycles. The van der Waals surface area contributed by atoms with E-state index in [0.29, 0.717) is 0 Å². The van der Waals surface area contributed by atoms with Crippen LogP contribution in [-0.2, 0) is 6.42 Å². The van der Waals surface area contributed by atoms with Crippen molar-refractivity contribution in [3.05, 3.63) is 66.1 Å². The van der Waals surface area contributed by atoms with Crippen molar-refractivity contribution in [2.75, 3.05) is 11.5 Å². The van der Waals surface area contributed by atoms with Crippen LogP contribution < -0.4 is 11.5 Å². The van der Waals surface area contributed by atoms with E-state index in [4.69, 9.17) is 11.5 Å². The summed E-state index contributed by atoms with van der Waals surface area (Å²) in [6, 6.07) is 15.7. The fraction of sp³-hybridized carbons (Fsp3) is 0.0714. The van der Waals surface area contributed by atoms with E-state index < -0.39 is 0 Å². The molecule has 0 aromatic heterocycles. The first kappa shape index (κ1) is 10.6. The average molecular weight is 211 g/mol. The number of anilines is 2. The van der Waals surface area contributed by atoms with Crippen molar-refractivity contribution in [1.82, 2.24) is 0 Å². The lowest BCUT2D eigenvalue weighted by Gasteiger charge is -2.05. The quantitative estimate of drug-likeness (QED) is 0.767. The Labute approximate surface area is 95.9 Å². The topological polar surface area (TPSA) is 52.0 Å². The number of nitrogen functional groups attached to an aromatic ring is 2. The van der Waals surface area contributed by atoms with Crippen LogP contribution in [0.1, 0.15) is 11.1 Å². The highest BCUT2D eigenvalue weighted by Crippen LogP contribution is 2.16. The minimum atomic E-state index is 0.798. The fourth-order valence-corrected chi connectivity index (χ4v) is 1.64. The van der Waals surface area contributed by atoms with E-state index in [2.05, 4.69) is 12.5 Å². The Hall–Kier alpha value is -1.96. The number of hydrogen-bond donors (Lipinski definition) is 2. The summed E-state index contributed by atoms with van der Waals surface area (Å²) < 4.78 is 0. The summed E-state index contributed by atoms with van der Waals surface area (Å²) in [7, 11) is 0. The summed E-state index contributed by atoms with van der Waals surface area (Å²) in [6.07, 6.45) is 2.96. The third kappa shape index (κ3) is 2.54. The number of hydrogen-bond acceptors (Lipinski definition) is 2. The highest BCUT2D eigenvalue weighted by Gasteiger charge is 1.99. The van der Waals surface area contributed by atoms with E-state index in [1.54, 1.807) is 0 Å². The van der Waals surface area contributed by atoms with E-state index >= 15 is 0 Å². The Bertz CT molecular complexity index is 478. The van der Waals surface area contributed by atoms with Crippen LogP contribution in [0.25, 0.3) is 0 Å². The second-order valence-electron chi connectivity index (χ2n) is 3.78. The standard InChI is InChI=1S/C14H15N2/c15-13-6-3-4-11(10-13)8-9-12-5-1-2-7-14(12)16/h1-7,9-10H,8,15-16H2. The predicted octanol–water partition coefficient (Wildman–Crippen LogP) is 2.65. The van der Waals surface area contributed by atoms with Gasteiger partial charge in [0.2, 0.25) is 0 Å². The molecule has 2 aromatic rings. The molecule has 2 nitrogen and oxygen atoms in total. The van der Waals surface area contributed by atoms with Crippen LogP contribution in [0.2, 0.25) is 0 Å². The van der Waals surface area contributed by atoms with Gasteiger partial charge in [0, 0.05) is 11.4 Å². The van der Waals surface area contributed by atoms with Gasteiger partial charge >= 0.3 is 0 Å². The monoisotopic (exact) mass is 211 g/mol. The molecule has 0 atom stereocenters. The van der Waals surface area contributed by atoms with Crippen molar-refractivity contribution in [2.45, 2.75) is 6.42 Å². The maximum atomic E-state index is 5.86. The third-order valence-corrected chi connectivity index (χ3v) is 2.50. The van der Waals surface area contributed by atoms with E-state index in [0.717, 1.165) is 23.4 Å². The molecule has 0 aliphatic carbocycles. The Kier molecular flexibility index (Phi) is 3.10. The highest BCUT2D eigenvalue weighted by molar-refractivity contribution is 5.51. The molecular weight excluding hydrogens is 196 g/mol. The summed E-state index contributed by atoms with van der Waals surface area (Å²) >= 11 is 0. The van der Waals surface area contributed by atoms with Gasteiger partial charge in [-0.1, -0.05) is 30.3 Å². The Morgan fingerprint density at radius 3 is 2.50 bits per heavy atom. The van der Waals surface area contributed by atoms with Gasteiger partial charge in [0.25, 0.3) is 0 Å². The molecule has 0 saturated heterocycles. The molecule has 4 N–H and O–H groups in total. The molecule has 0 unspecified atom stereocenters. The molecule has 0 aliphatic heterocycles. The lowest BCUT2D eigenvalue weighted by molar-refractivity contribution is 1.17. The lowest BCUT2D eigenvalue weighted by Crippen LogP contribution is -1.95. The van der Waals surface area contributed by atoms with Crippen LogP contribution in [0.4, 0.5) is 11.4 Å². The van der Waals surface area contributed by atoms with Gasteiger partial charge in [-0.15, -0.1) is 0 Å². The highest BCUT2D eigenvalue weighted by atomic mass is 14.6. The minimum Gasteiger partial charge on any atom is -0.399 e. The lowest BCUT2D eigenvalue weighted by atomic mass is 10.0. The number of nitrogens with two attached hydrogens (primary N) is 2. The SMILES string of the molecule is Nc1cccc(C[CH]c2ccccc2N)c1. The molecule has 81 valence electrons. The van der Waals surface area contributed by atoms with Crippen molar-refractivity contribution in [3.63, 3.8) is 0 Å². The molecule has 0 amide bonds. The van der Waals surface area contributed by atoms with Crippen molar-refractivity contribution < 1.29 is 0 Å². The number of benzene rings is 2. The summed E-state index contributed by atoms with van der Waals surface area (Å²) in [4.78, 5) is 0. The molecule has 1 radical (unpaired) electrons. The first-order valence-electron chi connectivity index (χ1n) is 5.28. The maximum absolute atomic E-state index is 5.86. The normalized spacial score (nSPS) is 10.2. The van der Waals surface area contributed by atoms with Gasteiger partial charge in [0.1, 0.15) is 0 Å². The first-order valence-corrected chi connectivity index (χ1v) is 5.28. The zero-order valence-electron chi connectivity index (χ0n) is 9.06. The molecule has 0 spiro atoms. The molecule has 16 heavy (non-hydrogen) atoms. The van der Waals surface area contributed by atoms with Gasteiger partial charge in [-0.3, -0.25) is 0 Å². The van der Waals surface area contributed by atoms with Crippen LogP contribution in [0.15, 0.2) is 48.5 Å². The van der Waals surface area contributed by atoms with Gasteiger partial charge in [-0.05, 0) is 42.2 Å². The molecule has 0 fully saturated rings. The van der Waals surface area contributed by atoms with E-state index in [1.165, 1.54) is 5.56 Å². The number of rotatable bonds is 3. The Morgan fingerprint density at radius 1 is 0.938 bits per heavy atom. The van der Waals surface area contributed by atoms with Crippen LogP contribution in [-0.4, -0.2) is 0 Å². The summed E-state index contributed by atoms with van der Waals surface area (Å²) in [5.74, 6) is 0. The van der Waals surface area contributed by atoms with Crippen LogP contribution in [0.3, 0.4) is 0 Å². The Morgan fingerprint density at radius 2 is 1.75 bits per heavy atom. The van der Waals surface area contributed by atoms with Gasteiger partial charge in [-0.25, -0.2) is 0 Å². The van der Waals surface area contributed by atoms with E-state index in [1.807, 2.05) is 42.5 Å². The van der Waals surface area contributed by atoms with Gasteiger partial charge in [0.15, 0.2) is 0 Å². The average Bonchev–Trinajstić information content (AvgIpc) is 2.28. The van der Waals surface area contributed by atoms with Crippen molar-refractivity contribution in [2.24, 2.45) is 0 Å². The zero-order chi connectivity index (χ0) is 11.4. The molecule has 2 rings (SSSR count). The second-order valence-corrected chi connectivity index (χ2v) is 3.78. The van der Waals surface area contributed by atoms with Gasteiger partial charge in [0.05, 0.1) is 0 Å². The second kappa shape index (κ2) is 4.71. The van der Waals surface area contributed by atoms with Crippen molar-refractivity contribution in [3.8, 4) is 0 Å². The fourth-order valence-electron chi connectivity index (χ4n) is 1.64. The molecule has 0 aliphatic rings. The smallest absolute Gasteiger partial charge is 0.0349 e. The largest absolute Gasteiger partial charge is 0.399 e. The van der Waals surface area contributed by atoms with Crippen molar-refractivity contribution in [1.29, 1.82) is 0 Å². The van der Waals surface area contributed by atoms with E-state index in [9.17, 15) is 0 Å². The molecule has 0 saturated carbocycles. The van der Waals surface area contributed by atoms with Crippen molar-refractivity contribution >= 4 is 11.4 Å². The van der Waals surface area contributed by atoms with Crippen LogP contribution in [0.5, 0.6) is 0 Å². The molecule has 0 heterocycles. The summed E-state index contributed by atoms with van der Waals surface area (Å²) in [5, 5.41) is 0. The first-order chi connectivity index (χ1) is 7.75. The maximum Gasteiger partial charge on any atom is 0.0349 e. The minimum absolute atomic E-state index is 0.798. The zero-order valence-corrected chi connectivity index (χ0v) is 9.06. The summed E-state index contributed by atoms with van der Waals surface area (Å²) in [5.41, 5.74) is 15.5. The Balaban J connectivity index is 2.05. The third-order valence-electron chi connectivity index (χ3n) is 2.50. The van der Waals surface area contributed by atoms with Gasteiger partial charge in [-0.2, -0.15) is 0 Å². The van der Waals surface area contributed by atoms with E-state index in [-0.39, 0.29) is 0 Å².